The highest BCUT2D eigenvalue weighted by atomic mass is 32.2. The van der Waals surface area contributed by atoms with Gasteiger partial charge in [-0.1, -0.05) is 42.1 Å². The van der Waals surface area contributed by atoms with Crippen LogP contribution in [0.1, 0.15) is 0 Å². The van der Waals surface area contributed by atoms with Crippen LogP contribution < -0.4 is 0 Å². The Bertz CT molecular complexity index is 790. The molecule has 0 saturated carbocycles. The number of hydrogen-bond acceptors (Lipinski definition) is 6. The molecular formula is C18H23N5O3S. The third-order valence-corrected chi connectivity index (χ3v) is 5.36. The van der Waals surface area contributed by atoms with Crippen LogP contribution in [0, 0.1) is 0 Å². The summed E-state index contributed by atoms with van der Waals surface area (Å²) in [5, 5.41) is 9.05. The van der Waals surface area contributed by atoms with E-state index in [4.69, 9.17) is 4.74 Å². The molecule has 3 rings (SSSR count). The third-order valence-electron chi connectivity index (χ3n) is 4.35. The summed E-state index contributed by atoms with van der Waals surface area (Å²) in [6.45, 7) is 2.34. The molecular weight excluding hydrogens is 366 g/mol. The summed E-state index contributed by atoms with van der Waals surface area (Å²) in [6.07, 6.45) is 0. The number of benzene rings is 1. The molecule has 27 heavy (non-hydrogen) atoms. The third kappa shape index (κ3) is 4.86. The Labute approximate surface area is 162 Å². The average molecular weight is 389 g/mol. The number of likely N-dealkylation sites (N-methyl/N-ethyl adjacent to an activating group) is 1. The number of rotatable bonds is 6. The van der Waals surface area contributed by atoms with E-state index in [1.165, 1.54) is 16.7 Å². The maximum Gasteiger partial charge on any atom is 0.242 e. The van der Waals surface area contributed by atoms with Crippen molar-refractivity contribution in [2.45, 2.75) is 5.16 Å². The van der Waals surface area contributed by atoms with E-state index in [9.17, 15) is 9.59 Å². The second-order valence-corrected chi connectivity index (χ2v) is 7.21. The van der Waals surface area contributed by atoms with Crippen LogP contribution in [0.3, 0.4) is 0 Å². The second-order valence-electron chi connectivity index (χ2n) is 6.26. The SMILES string of the molecule is CN(CC(=O)N1CCOCC1)C(=O)CSc1nnc(-c2ccccc2)n1C. The maximum atomic E-state index is 12.4. The van der Waals surface area contributed by atoms with Gasteiger partial charge in [-0.05, 0) is 0 Å². The number of aromatic nitrogens is 3. The van der Waals surface area contributed by atoms with Crippen LogP contribution >= 0.6 is 11.8 Å². The number of ether oxygens (including phenoxy) is 1. The number of carbonyl (C=O) groups excluding carboxylic acids is 2. The summed E-state index contributed by atoms with van der Waals surface area (Å²) in [4.78, 5) is 27.8. The van der Waals surface area contributed by atoms with E-state index >= 15 is 0 Å². The van der Waals surface area contributed by atoms with Gasteiger partial charge < -0.3 is 19.1 Å². The summed E-state index contributed by atoms with van der Waals surface area (Å²) in [7, 11) is 3.52. The second kappa shape index (κ2) is 9.01. The zero-order chi connectivity index (χ0) is 19.2. The van der Waals surface area contributed by atoms with Gasteiger partial charge in [0.1, 0.15) is 0 Å². The number of nitrogens with zero attached hydrogens (tertiary/aromatic N) is 5. The van der Waals surface area contributed by atoms with Crippen molar-refractivity contribution in [1.82, 2.24) is 24.6 Å². The zero-order valence-electron chi connectivity index (χ0n) is 15.5. The lowest BCUT2D eigenvalue weighted by molar-refractivity contribution is -0.140. The molecule has 8 nitrogen and oxygen atoms in total. The van der Waals surface area contributed by atoms with Crippen molar-refractivity contribution >= 4 is 23.6 Å². The first-order valence-corrected chi connectivity index (χ1v) is 9.72. The molecule has 0 bridgehead atoms. The standard InChI is InChI=1S/C18H23N5O3S/c1-21(12-15(24)23-8-10-26-11-9-23)16(25)13-27-18-20-19-17(22(18)2)14-6-4-3-5-7-14/h3-7H,8-13H2,1-2H3. The van der Waals surface area contributed by atoms with Gasteiger partial charge in [-0.25, -0.2) is 0 Å². The predicted octanol–water partition coefficient (Wildman–Crippen LogP) is 0.891. The number of amides is 2. The maximum absolute atomic E-state index is 12.4. The van der Waals surface area contributed by atoms with Crippen molar-refractivity contribution in [2.24, 2.45) is 7.05 Å². The van der Waals surface area contributed by atoms with Gasteiger partial charge in [0, 0.05) is 32.7 Å². The van der Waals surface area contributed by atoms with E-state index in [0.717, 1.165) is 11.4 Å². The number of thioether (sulfide) groups is 1. The largest absolute Gasteiger partial charge is 0.378 e. The van der Waals surface area contributed by atoms with Gasteiger partial charge >= 0.3 is 0 Å². The first-order chi connectivity index (χ1) is 13.1. The highest BCUT2D eigenvalue weighted by Crippen LogP contribution is 2.22. The Morgan fingerprint density at radius 2 is 1.89 bits per heavy atom. The number of morpholine rings is 1. The van der Waals surface area contributed by atoms with Crippen molar-refractivity contribution < 1.29 is 14.3 Å². The van der Waals surface area contributed by atoms with E-state index in [2.05, 4.69) is 10.2 Å². The van der Waals surface area contributed by atoms with Crippen LogP contribution in [0.4, 0.5) is 0 Å². The lowest BCUT2D eigenvalue weighted by Crippen LogP contribution is -2.46. The fourth-order valence-electron chi connectivity index (χ4n) is 2.72. The van der Waals surface area contributed by atoms with Crippen molar-refractivity contribution in [1.29, 1.82) is 0 Å². The quantitative estimate of drug-likeness (QED) is 0.683. The Kier molecular flexibility index (Phi) is 6.46. The van der Waals surface area contributed by atoms with Crippen molar-refractivity contribution in [3.8, 4) is 11.4 Å². The molecule has 0 atom stereocenters. The highest BCUT2D eigenvalue weighted by molar-refractivity contribution is 7.99. The summed E-state index contributed by atoms with van der Waals surface area (Å²) in [5.74, 6) is 0.782. The topological polar surface area (TPSA) is 80.6 Å². The fraction of sp³-hybridized carbons (Fsp3) is 0.444. The molecule has 1 aliphatic rings. The Morgan fingerprint density at radius 3 is 2.59 bits per heavy atom. The van der Waals surface area contributed by atoms with Gasteiger partial charge in [0.15, 0.2) is 11.0 Å². The predicted molar refractivity (Wildman–Crippen MR) is 102 cm³/mol. The summed E-state index contributed by atoms with van der Waals surface area (Å²) in [5.41, 5.74) is 0.971. The summed E-state index contributed by atoms with van der Waals surface area (Å²) in [6, 6.07) is 9.77. The van der Waals surface area contributed by atoms with Crippen LogP contribution in [-0.4, -0.2) is 82.0 Å². The molecule has 9 heteroatoms. The molecule has 0 spiro atoms. The van der Waals surface area contributed by atoms with E-state index in [0.29, 0.717) is 31.5 Å². The van der Waals surface area contributed by atoms with Crippen LogP contribution in [0.5, 0.6) is 0 Å². The molecule has 1 aromatic heterocycles. The molecule has 1 aromatic carbocycles. The lowest BCUT2D eigenvalue weighted by Gasteiger charge is -2.28. The fourth-order valence-corrected chi connectivity index (χ4v) is 3.57. The Balaban J connectivity index is 1.53. The molecule has 144 valence electrons. The molecule has 1 saturated heterocycles. The number of hydrogen-bond donors (Lipinski definition) is 0. The summed E-state index contributed by atoms with van der Waals surface area (Å²) >= 11 is 1.31. The normalized spacial score (nSPS) is 14.2. The molecule has 1 aliphatic heterocycles. The molecule has 1 fully saturated rings. The van der Waals surface area contributed by atoms with Gasteiger partial charge in [0.2, 0.25) is 11.8 Å². The highest BCUT2D eigenvalue weighted by Gasteiger charge is 2.21. The van der Waals surface area contributed by atoms with Gasteiger partial charge in [0.25, 0.3) is 0 Å². The molecule has 0 unspecified atom stereocenters. The Morgan fingerprint density at radius 1 is 1.19 bits per heavy atom. The van der Waals surface area contributed by atoms with Crippen LogP contribution in [0.2, 0.25) is 0 Å². The minimum absolute atomic E-state index is 0.0517. The Hall–Kier alpha value is -2.39. The van der Waals surface area contributed by atoms with E-state index < -0.39 is 0 Å². The first kappa shape index (κ1) is 19.4. The van der Waals surface area contributed by atoms with E-state index in [1.807, 2.05) is 41.9 Å². The first-order valence-electron chi connectivity index (χ1n) is 8.73. The van der Waals surface area contributed by atoms with Gasteiger partial charge in [-0.3, -0.25) is 9.59 Å². The minimum Gasteiger partial charge on any atom is -0.378 e. The molecule has 2 amide bonds. The van der Waals surface area contributed by atoms with Gasteiger partial charge in [-0.15, -0.1) is 10.2 Å². The summed E-state index contributed by atoms with van der Waals surface area (Å²) < 4.78 is 7.11. The van der Waals surface area contributed by atoms with Crippen molar-refractivity contribution in [2.75, 3.05) is 45.6 Å². The molecule has 0 aliphatic carbocycles. The average Bonchev–Trinajstić information content (AvgIpc) is 3.07. The van der Waals surface area contributed by atoms with Gasteiger partial charge in [-0.2, -0.15) is 0 Å². The molecule has 2 heterocycles. The lowest BCUT2D eigenvalue weighted by atomic mass is 10.2. The van der Waals surface area contributed by atoms with E-state index in [-0.39, 0.29) is 24.1 Å². The smallest absolute Gasteiger partial charge is 0.242 e. The van der Waals surface area contributed by atoms with Crippen LogP contribution in [-0.2, 0) is 21.4 Å². The molecule has 2 aromatic rings. The van der Waals surface area contributed by atoms with Crippen molar-refractivity contribution in [3.63, 3.8) is 0 Å². The van der Waals surface area contributed by atoms with Gasteiger partial charge in [0.05, 0.1) is 25.5 Å². The zero-order valence-corrected chi connectivity index (χ0v) is 16.3. The minimum atomic E-state index is -0.120. The number of carbonyl (C=O) groups is 2. The monoisotopic (exact) mass is 389 g/mol. The molecule has 0 radical (unpaired) electrons. The van der Waals surface area contributed by atoms with Crippen LogP contribution in [0.15, 0.2) is 35.5 Å². The van der Waals surface area contributed by atoms with E-state index in [1.54, 1.807) is 11.9 Å². The van der Waals surface area contributed by atoms with Crippen molar-refractivity contribution in [3.05, 3.63) is 30.3 Å². The van der Waals surface area contributed by atoms with Crippen LogP contribution in [0.25, 0.3) is 11.4 Å². The molecule has 0 N–H and O–H groups in total.